The summed E-state index contributed by atoms with van der Waals surface area (Å²) in [4.78, 5) is 22.3. The third-order valence-electron chi connectivity index (χ3n) is 3.04. The van der Waals surface area contributed by atoms with Crippen LogP contribution in [0.4, 0.5) is 13.2 Å². The van der Waals surface area contributed by atoms with Crippen molar-refractivity contribution in [2.24, 2.45) is 0 Å². The van der Waals surface area contributed by atoms with E-state index in [1.807, 2.05) is 0 Å². The summed E-state index contributed by atoms with van der Waals surface area (Å²) < 4.78 is 38.7. The van der Waals surface area contributed by atoms with Gasteiger partial charge in [0.25, 0.3) is 0 Å². The third kappa shape index (κ3) is 4.77. The molecule has 2 atom stereocenters. The fraction of sp³-hybridized carbons (Fsp3) is 0.429. The van der Waals surface area contributed by atoms with E-state index in [1.54, 1.807) is 0 Å². The first-order valence-electron chi connectivity index (χ1n) is 6.31. The lowest BCUT2D eigenvalue weighted by atomic mass is 9.92. The molecule has 0 saturated heterocycles. The highest BCUT2D eigenvalue weighted by molar-refractivity contribution is 5.83. The molecule has 2 N–H and O–H groups in total. The molecule has 1 rings (SSSR count). The van der Waals surface area contributed by atoms with E-state index in [1.165, 1.54) is 32.0 Å². The first-order valence-corrected chi connectivity index (χ1v) is 6.31. The van der Waals surface area contributed by atoms with E-state index in [0.29, 0.717) is 0 Å². The van der Waals surface area contributed by atoms with Crippen LogP contribution in [-0.4, -0.2) is 23.0 Å². The second-order valence-electron chi connectivity index (χ2n) is 4.82. The van der Waals surface area contributed by atoms with Crippen LogP contribution in [0.2, 0.25) is 0 Å². The standard InChI is InChI=1S/C14H16F3NO3/c1-8(7-12(19)18-9(2)13(20)21)10-5-3-4-6-11(10)14(15,16)17/h3-6,8-9H,7H2,1-2H3,(H,18,19)(H,20,21)/t8?,9-/m1/s1. The SMILES string of the molecule is CC(CC(=O)N[C@H](C)C(=O)O)c1ccccc1C(F)(F)F. The number of halogens is 3. The molecule has 4 nitrogen and oxygen atoms in total. The van der Waals surface area contributed by atoms with Crippen LogP contribution in [0, 0.1) is 0 Å². The molecule has 0 fully saturated rings. The Labute approximate surface area is 120 Å². The molecule has 1 amide bonds. The lowest BCUT2D eigenvalue weighted by Gasteiger charge is -2.18. The summed E-state index contributed by atoms with van der Waals surface area (Å²) in [6.07, 6.45) is -4.71. The molecule has 1 aromatic rings. The fourth-order valence-corrected chi connectivity index (χ4v) is 1.94. The Morgan fingerprint density at radius 3 is 2.33 bits per heavy atom. The van der Waals surface area contributed by atoms with Gasteiger partial charge in [-0.2, -0.15) is 13.2 Å². The Hall–Kier alpha value is -2.05. The molecule has 21 heavy (non-hydrogen) atoms. The minimum atomic E-state index is -4.49. The van der Waals surface area contributed by atoms with Crippen molar-refractivity contribution in [3.05, 3.63) is 35.4 Å². The Morgan fingerprint density at radius 1 is 1.24 bits per heavy atom. The van der Waals surface area contributed by atoms with Gasteiger partial charge in [-0.3, -0.25) is 9.59 Å². The van der Waals surface area contributed by atoms with Crippen molar-refractivity contribution in [1.29, 1.82) is 0 Å². The van der Waals surface area contributed by atoms with Crippen molar-refractivity contribution in [3.8, 4) is 0 Å². The topological polar surface area (TPSA) is 66.4 Å². The van der Waals surface area contributed by atoms with Gasteiger partial charge in [-0.1, -0.05) is 25.1 Å². The summed E-state index contributed by atoms with van der Waals surface area (Å²) in [6.45, 7) is 2.78. The Kier molecular flexibility index (Phi) is 5.34. The number of carbonyl (C=O) groups excluding carboxylic acids is 1. The van der Waals surface area contributed by atoms with Crippen LogP contribution in [0.15, 0.2) is 24.3 Å². The first kappa shape index (κ1) is 17.0. The second-order valence-corrected chi connectivity index (χ2v) is 4.82. The van der Waals surface area contributed by atoms with Crippen LogP contribution in [0.25, 0.3) is 0 Å². The van der Waals surface area contributed by atoms with Gasteiger partial charge < -0.3 is 10.4 Å². The average molecular weight is 303 g/mol. The number of carbonyl (C=O) groups is 2. The number of rotatable bonds is 5. The number of benzene rings is 1. The van der Waals surface area contributed by atoms with Crippen molar-refractivity contribution >= 4 is 11.9 Å². The maximum atomic E-state index is 12.9. The monoisotopic (exact) mass is 303 g/mol. The second kappa shape index (κ2) is 6.60. The van der Waals surface area contributed by atoms with E-state index in [4.69, 9.17) is 5.11 Å². The third-order valence-corrected chi connectivity index (χ3v) is 3.04. The molecule has 0 aliphatic heterocycles. The van der Waals surface area contributed by atoms with Gasteiger partial charge in [0.2, 0.25) is 5.91 Å². The molecule has 0 bridgehead atoms. The molecule has 0 heterocycles. The highest BCUT2D eigenvalue weighted by atomic mass is 19.4. The van der Waals surface area contributed by atoms with Crippen LogP contribution in [0.5, 0.6) is 0 Å². The van der Waals surface area contributed by atoms with Crippen LogP contribution in [0.1, 0.15) is 37.3 Å². The molecule has 0 saturated carbocycles. The highest BCUT2D eigenvalue weighted by Gasteiger charge is 2.34. The van der Waals surface area contributed by atoms with Gasteiger partial charge in [0.1, 0.15) is 6.04 Å². The van der Waals surface area contributed by atoms with Crippen LogP contribution in [0.3, 0.4) is 0 Å². The molecule has 0 radical (unpaired) electrons. The van der Waals surface area contributed by atoms with E-state index in [0.717, 1.165) is 6.07 Å². The van der Waals surface area contributed by atoms with Crippen LogP contribution in [-0.2, 0) is 15.8 Å². The van der Waals surface area contributed by atoms with E-state index >= 15 is 0 Å². The highest BCUT2D eigenvalue weighted by Crippen LogP contribution is 2.35. The number of carboxylic acids is 1. The first-order chi connectivity index (χ1) is 9.62. The predicted molar refractivity (Wildman–Crippen MR) is 69.7 cm³/mol. The Bertz CT molecular complexity index is 528. The van der Waals surface area contributed by atoms with Gasteiger partial charge in [-0.15, -0.1) is 0 Å². The van der Waals surface area contributed by atoms with Gasteiger partial charge >= 0.3 is 12.1 Å². The van der Waals surface area contributed by atoms with E-state index in [2.05, 4.69) is 5.32 Å². The lowest BCUT2D eigenvalue weighted by Crippen LogP contribution is -2.38. The molecule has 7 heteroatoms. The number of nitrogens with one attached hydrogen (secondary N) is 1. The predicted octanol–water partition coefficient (Wildman–Crippen LogP) is 2.79. The van der Waals surface area contributed by atoms with Gasteiger partial charge in [0.05, 0.1) is 5.56 Å². The van der Waals surface area contributed by atoms with Crippen LogP contribution >= 0.6 is 0 Å². The van der Waals surface area contributed by atoms with E-state index in [9.17, 15) is 22.8 Å². The van der Waals surface area contributed by atoms with Crippen molar-refractivity contribution in [3.63, 3.8) is 0 Å². The normalized spacial score (nSPS) is 14.3. The maximum Gasteiger partial charge on any atom is 0.416 e. The average Bonchev–Trinajstić information content (AvgIpc) is 2.37. The number of aliphatic carboxylic acids is 1. The summed E-state index contributed by atoms with van der Waals surface area (Å²) in [5.74, 6) is -2.48. The molecule has 1 unspecified atom stereocenters. The number of carboxylic acid groups (broad SMARTS) is 1. The smallest absolute Gasteiger partial charge is 0.416 e. The molecule has 0 aliphatic carbocycles. The van der Waals surface area contributed by atoms with Gasteiger partial charge in [0.15, 0.2) is 0 Å². The molecule has 0 aromatic heterocycles. The molecule has 116 valence electrons. The molecule has 1 aromatic carbocycles. The Balaban J connectivity index is 2.83. The lowest BCUT2D eigenvalue weighted by molar-refractivity contribution is -0.141. The van der Waals surface area contributed by atoms with Crippen molar-refractivity contribution in [2.75, 3.05) is 0 Å². The van der Waals surface area contributed by atoms with Crippen molar-refractivity contribution in [2.45, 2.75) is 38.4 Å². The van der Waals surface area contributed by atoms with Gasteiger partial charge in [-0.25, -0.2) is 0 Å². The number of amides is 1. The van der Waals surface area contributed by atoms with Gasteiger partial charge in [-0.05, 0) is 24.5 Å². The fourth-order valence-electron chi connectivity index (χ4n) is 1.94. The minimum Gasteiger partial charge on any atom is -0.480 e. The maximum absolute atomic E-state index is 12.9. The molecule has 0 aliphatic rings. The van der Waals surface area contributed by atoms with Crippen LogP contribution < -0.4 is 5.32 Å². The summed E-state index contributed by atoms with van der Waals surface area (Å²) >= 11 is 0. The quantitative estimate of drug-likeness (QED) is 0.879. The van der Waals surface area contributed by atoms with Crippen molar-refractivity contribution < 1.29 is 27.9 Å². The minimum absolute atomic E-state index is 0.0168. The number of hydrogen-bond donors (Lipinski definition) is 2. The molecular weight excluding hydrogens is 287 g/mol. The zero-order chi connectivity index (χ0) is 16.2. The zero-order valence-electron chi connectivity index (χ0n) is 11.6. The number of hydrogen-bond acceptors (Lipinski definition) is 2. The van der Waals surface area contributed by atoms with Crippen molar-refractivity contribution in [1.82, 2.24) is 5.32 Å². The molecule has 0 spiro atoms. The Morgan fingerprint density at radius 2 is 1.81 bits per heavy atom. The van der Waals surface area contributed by atoms with E-state index < -0.39 is 35.6 Å². The largest absolute Gasteiger partial charge is 0.480 e. The zero-order valence-corrected chi connectivity index (χ0v) is 11.6. The molecular formula is C14H16F3NO3. The summed E-state index contributed by atoms with van der Waals surface area (Å²) in [7, 11) is 0. The van der Waals surface area contributed by atoms with E-state index in [-0.39, 0.29) is 12.0 Å². The summed E-state index contributed by atoms with van der Waals surface area (Å²) in [6, 6.07) is 3.96. The number of alkyl halides is 3. The summed E-state index contributed by atoms with van der Waals surface area (Å²) in [5.41, 5.74) is -0.764. The van der Waals surface area contributed by atoms with Gasteiger partial charge in [0, 0.05) is 6.42 Å². The summed E-state index contributed by atoms with van der Waals surface area (Å²) in [5, 5.41) is 10.9.